The van der Waals surface area contributed by atoms with Gasteiger partial charge >= 0.3 is 0 Å². The molecular formula is C26H31F2N5O. The van der Waals surface area contributed by atoms with Crippen LogP contribution in [0.1, 0.15) is 24.5 Å². The van der Waals surface area contributed by atoms with E-state index in [1.54, 1.807) is 18.2 Å². The van der Waals surface area contributed by atoms with E-state index in [1.807, 2.05) is 26.2 Å². The van der Waals surface area contributed by atoms with Crippen LogP contribution in [0.4, 0.5) is 20.4 Å². The Labute approximate surface area is 199 Å². The van der Waals surface area contributed by atoms with Crippen LogP contribution in [-0.2, 0) is 4.74 Å². The molecule has 2 N–H and O–H groups in total. The number of nitrogen functional groups attached to an aromatic ring is 1. The van der Waals surface area contributed by atoms with Gasteiger partial charge in [0.2, 0.25) is 0 Å². The van der Waals surface area contributed by atoms with Crippen LogP contribution in [0.5, 0.6) is 0 Å². The van der Waals surface area contributed by atoms with Crippen molar-refractivity contribution >= 4 is 11.6 Å². The maximum atomic E-state index is 13.5. The largest absolute Gasteiger partial charge is 0.384 e. The van der Waals surface area contributed by atoms with Gasteiger partial charge in [0.05, 0.1) is 12.7 Å². The molecule has 8 heteroatoms. The second-order valence-electron chi connectivity index (χ2n) is 8.95. The SMILES string of the molecule is CN(C)CCOC(c1ccc(F)cc1)C1CCN(c2cc(N)nc(-c3ccc(F)cc3)n2)CC1. The number of nitrogens with two attached hydrogens (primary N) is 1. The summed E-state index contributed by atoms with van der Waals surface area (Å²) in [6.07, 6.45) is 1.72. The number of halogens is 2. The third kappa shape index (κ3) is 6.07. The Morgan fingerprint density at radius 2 is 1.62 bits per heavy atom. The average Bonchev–Trinajstić information content (AvgIpc) is 2.83. The summed E-state index contributed by atoms with van der Waals surface area (Å²) < 4.78 is 33.1. The quantitative estimate of drug-likeness (QED) is 0.525. The summed E-state index contributed by atoms with van der Waals surface area (Å²) in [6.45, 7) is 3.01. The van der Waals surface area contributed by atoms with E-state index in [2.05, 4.69) is 14.8 Å². The molecule has 0 saturated carbocycles. The first-order valence-corrected chi connectivity index (χ1v) is 11.6. The lowest BCUT2D eigenvalue weighted by atomic mass is 9.87. The zero-order valence-corrected chi connectivity index (χ0v) is 19.6. The van der Waals surface area contributed by atoms with Crippen LogP contribution in [0, 0.1) is 17.6 Å². The second-order valence-corrected chi connectivity index (χ2v) is 8.95. The number of piperidine rings is 1. The summed E-state index contributed by atoms with van der Waals surface area (Å²) in [5, 5.41) is 0. The average molecular weight is 468 g/mol. The number of likely N-dealkylation sites (N-methyl/N-ethyl adjacent to an activating group) is 1. The molecule has 6 nitrogen and oxygen atoms in total. The molecule has 0 bridgehead atoms. The van der Waals surface area contributed by atoms with E-state index in [-0.39, 0.29) is 17.7 Å². The van der Waals surface area contributed by atoms with Crippen molar-refractivity contribution in [1.82, 2.24) is 14.9 Å². The van der Waals surface area contributed by atoms with Gasteiger partial charge in [-0.25, -0.2) is 18.7 Å². The maximum absolute atomic E-state index is 13.5. The molecule has 2 aromatic carbocycles. The van der Waals surface area contributed by atoms with E-state index in [1.165, 1.54) is 24.3 Å². The van der Waals surface area contributed by atoms with Crippen molar-refractivity contribution < 1.29 is 13.5 Å². The summed E-state index contributed by atoms with van der Waals surface area (Å²) in [4.78, 5) is 13.3. The number of anilines is 2. The highest BCUT2D eigenvalue weighted by Crippen LogP contribution is 2.35. The Bertz CT molecular complexity index is 1070. The smallest absolute Gasteiger partial charge is 0.163 e. The molecule has 1 aliphatic rings. The molecule has 3 aromatic rings. The van der Waals surface area contributed by atoms with E-state index in [9.17, 15) is 8.78 Å². The minimum absolute atomic E-state index is 0.0899. The highest BCUT2D eigenvalue weighted by molar-refractivity contribution is 5.61. The fraction of sp³-hybridized carbons (Fsp3) is 0.385. The van der Waals surface area contributed by atoms with Crippen LogP contribution < -0.4 is 10.6 Å². The standard InChI is InChI=1S/C26H31F2N5O/c1-32(2)15-16-34-25(18-3-7-21(27)8-4-18)19-11-13-33(14-12-19)24-17-23(29)30-26(31-24)20-5-9-22(28)10-6-20/h3-10,17,19,25H,11-16H2,1-2H3,(H2,29,30,31). The fourth-order valence-corrected chi connectivity index (χ4v) is 4.29. The van der Waals surface area contributed by atoms with Gasteiger partial charge in [-0.2, -0.15) is 0 Å². The molecule has 1 atom stereocenters. The van der Waals surface area contributed by atoms with Gasteiger partial charge in [0.25, 0.3) is 0 Å². The summed E-state index contributed by atoms with van der Waals surface area (Å²) in [5.41, 5.74) is 7.79. The van der Waals surface area contributed by atoms with E-state index in [0.29, 0.717) is 24.2 Å². The molecule has 0 radical (unpaired) electrons. The van der Waals surface area contributed by atoms with Gasteiger partial charge in [0.15, 0.2) is 5.82 Å². The number of nitrogens with zero attached hydrogens (tertiary/aromatic N) is 4. The zero-order valence-electron chi connectivity index (χ0n) is 19.6. The molecule has 4 rings (SSSR count). The molecule has 1 saturated heterocycles. The first-order valence-electron chi connectivity index (χ1n) is 11.6. The topological polar surface area (TPSA) is 67.5 Å². The third-order valence-corrected chi connectivity index (χ3v) is 6.16. The minimum Gasteiger partial charge on any atom is -0.384 e. The monoisotopic (exact) mass is 467 g/mol. The van der Waals surface area contributed by atoms with Crippen molar-refractivity contribution in [1.29, 1.82) is 0 Å². The molecule has 1 aromatic heterocycles. The molecule has 0 aliphatic carbocycles. The highest BCUT2D eigenvalue weighted by atomic mass is 19.1. The van der Waals surface area contributed by atoms with Crippen LogP contribution >= 0.6 is 0 Å². The van der Waals surface area contributed by atoms with Gasteiger partial charge in [0, 0.05) is 31.3 Å². The van der Waals surface area contributed by atoms with Gasteiger partial charge in [-0.15, -0.1) is 0 Å². The van der Waals surface area contributed by atoms with Crippen LogP contribution in [0.25, 0.3) is 11.4 Å². The molecule has 1 fully saturated rings. The predicted octanol–water partition coefficient (Wildman–Crippen LogP) is 4.54. The Morgan fingerprint density at radius 1 is 1.00 bits per heavy atom. The van der Waals surface area contributed by atoms with E-state index in [4.69, 9.17) is 15.5 Å². The molecule has 1 unspecified atom stereocenters. The van der Waals surface area contributed by atoms with E-state index >= 15 is 0 Å². The van der Waals surface area contributed by atoms with Gasteiger partial charge in [-0.05, 0) is 74.8 Å². The van der Waals surface area contributed by atoms with Crippen LogP contribution in [-0.4, -0.2) is 55.2 Å². The molecule has 0 spiro atoms. The van der Waals surface area contributed by atoms with Gasteiger partial charge in [-0.1, -0.05) is 12.1 Å². The molecule has 1 aliphatic heterocycles. The second kappa shape index (κ2) is 10.9. The van der Waals surface area contributed by atoms with Crippen LogP contribution in [0.2, 0.25) is 0 Å². The lowest BCUT2D eigenvalue weighted by Gasteiger charge is -2.37. The number of ether oxygens (including phenoxy) is 1. The van der Waals surface area contributed by atoms with Crippen molar-refractivity contribution in [3.63, 3.8) is 0 Å². The highest BCUT2D eigenvalue weighted by Gasteiger charge is 2.29. The van der Waals surface area contributed by atoms with Gasteiger partial charge < -0.3 is 20.3 Å². The van der Waals surface area contributed by atoms with Crippen molar-refractivity contribution in [3.8, 4) is 11.4 Å². The Morgan fingerprint density at radius 3 is 2.24 bits per heavy atom. The maximum Gasteiger partial charge on any atom is 0.163 e. The summed E-state index contributed by atoms with van der Waals surface area (Å²) in [6, 6.07) is 14.5. The normalized spacial score (nSPS) is 15.6. The van der Waals surface area contributed by atoms with Gasteiger partial charge in [0.1, 0.15) is 23.3 Å². The Hall–Kier alpha value is -3.10. The number of aromatic nitrogens is 2. The Balaban J connectivity index is 1.47. The van der Waals surface area contributed by atoms with Crippen molar-refractivity contribution in [2.45, 2.75) is 18.9 Å². The van der Waals surface area contributed by atoms with Crippen molar-refractivity contribution in [3.05, 3.63) is 71.8 Å². The molecule has 2 heterocycles. The van der Waals surface area contributed by atoms with E-state index < -0.39 is 0 Å². The molecule has 180 valence electrons. The molecular weight excluding hydrogens is 436 g/mol. The number of hydrogen-bond donors (Lipinski definition) is 1. The van der Waals surface area contributed by atoms with Crippen LogP contribution in [0.3, 0.4) is 0 Å². The molecule has 34 heavy (non-hydrogen) atoms. The number of benzene rings is 2. The lowest BCUT2D eigenvalue weighted by Crippen LogP contribution is -2.37. The number of hydrogen-bond acceptors (Lipinski definition) is 6. The Kier molecular flexibility index (Phi) is 7.70. The predicted molar refractivity (Wildman–Crippen MR) is 130 cm³/mol. The van der Waals surface area contributed by atoms with Crippen molar-refractivity contribution in [2.75, 3.05) is 51.0 Å². The summed E-state index contributed by atoms with van der Waals surface area (Å²) in [5.74, 6) is 1.37. The fourth-order valence-electron chi connectivity index (χ4n) is 4.29. The van der Waals surface area contributed by atoms with Crippen LogP contribution in [0.15, 0.2) is 54.6 Å². The zero-order chi connectivity index (χ0) is 24.1. The van der Waals surface area contributed by atoms with E-state index in [0.717, 1.165) is 49.4 Å². The summed E-state index contributed by atoms with van der Waals surface area (Å²) >= 11 is 0. The minimum atomic E-state index is -0.307. The summed E-state index contributed by atoms with van der Waals surface area (Å²) in [7, 11) is 4.03. The third-order valence-electron chi connectivity index (χ3n) is 6.16. The molecule has 0 amide bonds. The first kappa shape index (κ1) is 24.0. The first-order chi connectivity index (χ1) is 16.4. The number of rotatable bonds is 8. The van der Waals surface area contributed by atoms with Crippen molar-refractivity contribution in [2.24, 2.45) is 5.92 Å². The van der Waals surface area contributed by atoms with Gasteiger partial charge in [-0.3, -0.25) is 0 Å². The lowest BCUT2D eigenvalue weighted by molar-refractivity contribution is -0.00310.